The summed E-state index contributed by atoms with van der Waals surface area (Å²) in [5.74, 6) is 0.998. The van der Waals surface area contributed by atoms with Crippen molar-refractivity contribution in [1.82, 2.24) is 24.9 Å². The third-order valence-corrected chi connectivity index (χ3v) is 6.16. The minimum Gasteiger partial charge on any atom is -0.392 e. The van der Waals surface area contributed by atoms with E-state index in [1.807, 2.05) is 12.3 Å². The molecule has 4 aromatic rings. The molecule has 0 atom stereocenters. The van der Waals surface area contributed by atoms with E-state index >= 15 is 0 Å². The van der Waals surface area contributed by atoms with Gasteiger partial charge in [0.2, 0.25) is 0 Å². The van der Waals surface area contributed by atoms with Gasteiger partial charge in [-0.1, -0.05) is 19.9 Å². The van der Waals surface area contributed by atoms with Crippen molar-refractivity contribution in [2.75, 3.05) is 13.1 Å². The Balaban J connectivity index is 1.68. The number of aliphatic hydroxyl groups is 1. The van der Waals surface area contributed by atoms with Crippen LogP contribution in [-0.2, 0) is 6.61 Å². The zero-order valence-corrected chi connectivity index (χ0v) is 16.9. The minimum atomic E-state index is -0.0624. The Labute approximate surface area is 170 Å². The molecule has 5 rings (SSSR count). The van der Waals surface area contributed by atoms with Crippen LogP contribution in [0, 0.1) is 0 Å². The van der Waals surface area contributed by atoms with E-state index in [1.54, 1.807) is 4.52 Å². The van der Waals surface area contributed by atoms with Crippen LogP contribution in [0.1, 0.15) is 55.2 Å². The van der Waals surface area contributed by atoms with Crippen molar-refractivity contribution in [2.45, 2.75) is 45.1 Å². The summed E-state index contributed by atoms with van der Waals surface area (Å²) in [6.07, 6.45) is 5.91. The highest BCUT2D eigenvalue weighted by atomic mass is 16.3. The molecule has 4 heterocycles. The molecule has 150 valence electrons. The van der Waals surface area contributed by atoms with Crippen molar-refractivity contribution >= 4 is 16.6 Å². The number of fused-ring (bicyclic) bond motifs is 2. The van der Waals surface area contributed by atoms with Gasteiger partial charge >= 0.3 is 0 Å². The van der Waals surface area contributed by atoms with E-state index in [0.29, 0.717) is 17.5 Å². The topological polar surface area (TPSA) is 78.2 Å². The van der Waals surface area contributed by atoms with Gasteiger partial charge in [-0.15, -0.1) is 0 Å². The van der Waals surface area contributed by atoms with E-state index in [1.165, 1.54) is 35.7 Å². The number of hydrogen-bond acceptors (Lipinski definition) is 4. The van der Waals surface area contributed by atoms with Gasteiger partial charge in [-0.25, -0.2) is 9.50 Å². The maximum atomic E-state index is 9.83. The smallest absolute Gasteiger partial charge is 0.160 e. The lowest BCUT2D eigenvalue weighted by Gasteiger charge is -2.23. The molecule has 1 aromatic carbocycles. The first-order valence-electron chi connectivity index (χ1n) is 10.5. The first kappa shape index (κ1) is 18.3. The first-order valence-corrected chi connectivity index (χ1v) is 10.5. The molecule has 3 aromatic heterocycles. The van der Waals surface area contributed by atoms with Gasteiger partial charge in [0, 0.05) is 28.2 Å². The molecule has 1 saturated heterocycles. The maximum absolute atomic E-state index is 9.83. The lowest BCUT2D eigenvalue weighted by Crippen LogP contribution is -2.26. The van der Waals surface area contributed by atoms with Crippen molar-refractivity contribution in [2.24, 2.45) is 0 Å². The maximum Gasteiger partial charge on any atom is 0.160 e. The zero-order chi connectivity index (χ0) is 20.0. The molecule has 0 radical (unpaired) electrons. The molecule has 1 aliphatic heterocycles. The average molecular weight is 390 g/mol. The fraction of sp³-hybridized carbons (Fsp3) is 0.391. The summed E-state index contributed by atoms with van der Waals surface area (Å²) < 4.78 is 1.75. The molecular formula is C23H27N5O. The van der Waals surface area contributed by atoms with E-state index < -0.39 is 0 Å². The summed E-state index contributed by atoms with van der Waals surface area (Å²) in [6, 6.07) is 8.92. The molecule has 6 nitrogen and oxygen atoms in total. The number of aromatic nitrogens is 4. The van der Waals surface area contributed by atoms with Gasteiger partial charge in [0.25, 0.3) is 0 Å². The van der Waals surface area contributed by atoms with Crippen LogP contribution in [0.25, 0.3) is 27.8 Å². The highest BCUT2D eigenvalue weighted by Crippen LogP contribution is 2.38. The van der Waals surface area contributed by atoms with Crippen molar-refractivity contribution in [1.29, 1.82) is 0 Å². The Morgan fingerprint density at radius 1 is 1.21 bits per heavy atom. The van der Waals surface area contributed by atoms with Gasteiger partial charge in [0.05, 0.1) is 12.3 Å². The Kier molecular flexibility index (Phi) is 4.60. The van der Waals surface area contributed by atoms with Gasteiger partial charge in [-0.05, 0) is 67.1 Å². The third-order valence-electron chi connectivity index (χ3n) is 6.16. The summed E-state index contributed by atoms with van der Waals surface area (Å²) in [5.41, 5.74) is 7.52. The number of aromatic amines is 1. The van der Waals surface area contributed by atoms with Crippen LogP contribution in [0.4, 0.5) is 0 Å². The number of piperidine rings is 1. The number of benzene rings is 1. The fourth-order valence-corrected chi connectivity index (χ4v) is 4.72. The molecular weight excluding hydrogens is 362 g/mol. The van der Waals surface area contributed by atoms with Gasteiger partial charge in [-0.3, -0.25) is 0 Å². The monoisotopic (exact) mass is 389 g/mol. The Bertz CT molecular complexity index is 1170. The molecule has 0 bridgehead atoms. The zero-order valence-electron chi connectivity index (χ0n) is 16.9. The van der Waals surface area contributed by atoms with E-state index in [0.717, 1.165) is 35.4 Å². The number of nitrogens with one attached hydrogen (secondary N) is 2. The molecule has 1 fully saturated rings. The number of nitrogens with zero attached hydrogens (tertiary/aromatic N) is 3. The van der Waals surface area contributed by atoms with Gasteiger partial charge < -0.3 is 15.4 Å². The number of rotatable bonds is 4. The normalized spacial score (nSPS) is 15.7. The van der Waals surface area contributed by atoms with Crippen LogP contribution in [0.2, 0.25) is 0 Å². The molecule has 0 spiro atoms. The summed E-state index contributed by atoms with van der Waals surface area (Å²) in [4.78, 5) is 7.91. The number of pyridine rings is 1. The van der Waals surface area contributed by atoms with Crippen molar-refractivity contribution < 1.29 is 5.11 Å². The number of H-pyrrole nitrogens is 1. The van der Waals surface area contributed by atoms with Crippen LogP contribution >= 0.6 is 0 Å². The average Bonchev–Trinajstić information content (AvgIpc) is 3.37. The molecule has 0 amide bonds. The van der Waals surface area contributed by atoms with Crippen molar-refractivity contribution in [3.8, 4) is 11.3 Å². The van der Waals surface area contributed by atoms with Crippen LogP contribution in [-0.4, -0.2) is 37.8 Å². The van der Waals surface area contributed by atoms with Crippen LogP contribution in [0.5, 0.6) is 0 Å². The summed E-state index contributed by atoms with van der Waals surface area (Å²) >= 11 is 0. The largest absolute Gasteiger partial charge is 0.392 e. The summed E-state index contributed by atoms with van der Waals surface area (Å²) in [5, 5.41) is 18.9. The number of hydrogen-bond donors (Lipinski definition) is 3. The van der Waals surface area contributed by atoms with Gasteiger partial charge in [-0.2, -0.15) is 5.10 Å². The van der Waals surface area contributed by atoms with E-state index in [4.69, 9.17) is 0 Å². The molecule has 3 N–H and O–H groups in total. The van der Waals surface area contributed by atoms with E-state index in [2.05, 4.69) is 52.4 Å². The highest BCUT2D eigenvalue weighted by molar-refractivity contribution is 5.92. The predicted molar refractivity (Wildman–Crippen MR) is 115 cm³/mol. The quantitative estimate of drug-likeness (QED) is 0.494. The second-order valence-electron chi connectivity index (χ2n) is 8.34. The van der Waals surface area contributed by atoms with Crippen LogP contribution in [0.15, 0.2) is 36.8 Å². The second kappa shape index (κ2) is 7.28. The SMILES string of the molecule is CC(C)c1c(-c2cc(CO)c3ncnn3c2)[nH]c2ccc(C3CCNCC3)cc12. The van der Waals surface area contributed by atoms with Crippen molar-refractivity contribution in [3.63, 3.8) is 0 Å². The Morgan fingerprint density at radius 2 is 2.03 bits per heavy atom. The Morgan fingerprint density at radius 3 is 2.79 bits per heavy atom. The third kappa shape index (κ3) is 3.12. The minimum absolute atomic E-state index is 0.0624. The van der Waals surface area contributed by atoms with Crippen LogP contribution in [0.3, 0.4) is 0 Å². The predicted octanol–water partition coefficient (Wildman–Crippen LogP) is 3.96. The fourth-order valence-electron chi connectivity index (χ4n) is 4.72. The lowest BCUT2D eigenvalue weighted by molar-refractivity contribution is 0.282. The standard InChI is InChI=1S/C23H27N5O/c1-14(2)21-19-10-16(15-5-7-24-8-6-15)3-4-20(19)27-22(21)17-9-18(12-29)23-25-13-26-28(23)11-17/h3-4,9-11,13-15,24,27,29H,5-8,12H2,1-2H3. The summed E-state index contributed by atoms with van der Waals surface area (Å²) in [6.45, 7) is 6.61. The van der Waals surface area contributed by atoms with Crippen LogP contribution < -0.4 is 5.32 Å². The molecule has 29 heavy (non-hydrogen) atoms. The molecule has 0 unspecified atom stereocenters. The summed E-state index contributed by atoms with van der Waals surface area (Å²) in [7, 11) is 0. The molecule has 0 saturated carbocycles. The first-order chi connectivity index (χ1) is 14.2. The van der Waals surface area contributed by atoms with Crippen molar-refractivity contribution in [3.05, 3.63) is 53.5 Å². The van der Waals surface area contributed by atoms with Gasteiger partial charge in [0.15, 0.2) is 5.65 Å². The second-order valence-corrected chi connectivity index (χ2v) is 8.34. The molecule has 6 heteroatoms. The lowest BCUT2D eigenvalue weighted by atomic mass is 9.88. The van der Waals surface area contributed by atoms with E-state index in [9.17, 15) is 5.11 Å². The highest BCUT2D eigenvalue weighted by Gasteiger charge is 2.21. The Hall–Kier alpha value is -2.70. The van der Waals surface area contributed by atoms with E-state index in [-0.39, 0.29) is 6.61 Å². The number of aliphatic hydroxyl groups excluding tert-OH is 1. The molecule has 0 aliphatic carbocycles. The molecule has 1 aliphatic rings. The van der Waals surface area contributed by atoms with Gasteiger partial charge in [0.1, 0.15) is 6.33 Å².